The van der Waals surface area contributed by atoms with E-state index in [0.29, 0.717) is 12.1 Å². The zero-order valence-corrected chi connectivity index (χ0v) is 17.2. The van der Waals surface area contributed by atoms with Crippen molar-refractivity contribution in [2.24, 2.45) is 5.41 Å². The number of fused-ring (bicyclic) bond motifs is 2. The highest BCUT2D eigenvalue weighted by molar-refractivity contribution is 7.80. The van der Waals surface area contributed by atoms with Crippen LogP contribution in [0.25, 0.3) is 0 Å². The lowest BCUT2D eigenvalue weighted by molar-refractivity contribution is -0.129. The fourth-order valence-electron chi connectivity index (χ4n) is 4.14. The van der Waals surface area contributed by atoms with E-state index in [-0.39, 0.29) is 17.4 Å². The van der Waals surface area contributed by atoms with Crippen LogP contribution < -0.4 is 10.6 Å². The van der Waals surface area contributed by atoms with Gasteiger partial charge in [0.2, 0.25) is 5.91 Å². The molecule has 2 heterocycles. The molecule has 2 aliphatic heterocycles. The molecular weight excluding hydrogens is 342 g/mol. The van der Waals surface area contributed by atoms with Crippen LogP contribution in [0, 0.1) is 12.3 Å². The van der Waals surface area contributed by atoms with Gasteiger partial charge in [0, 0.05) is 29.2 Å². The summed E-state index contributed by atoms with van der Waals surface area (Å²) < 4.78 is 0. The summed E-state index contributed by atoms with van der Waals surface area (Å²) in [6.07, 6.45) is 5.50. The molecule has 0 unspecified atom stereocenters. The Kier molecular flexibility index (Phi) is 5.56. The van der Waals surface area contributed by atoms with E-state index in [1.165, 1.54) is 12.0 Å². The van der Waals surface area contributed by atoms with Crippen LogP contribution in [0.5, 0.6) is 0 Å². The van der Waals surface area contributed by atoms with Crippen LogP contribution in [0.4, 0.5) is 5.69 Å². The molecule has 0 spiro atoms. The van der Waals surface area contributed by atoms with Crippen molar-refractivity contribution in [2.75, 3.05) is 5.32 Å². The van der Waals surface area contributed by atoms with Gasteiger partial charge in [-0.3, -0.25) is 4.79 Å². The molecule has 5 heteroatoms. The number of nitrogens with zero attached hydrogens (tertiary/aromatic N) is 1. The second kappa shape index (κ2) is 7.55. The minimum Gasteiger partial charge on any atom is -0.353 e. The standard InChI is InChI=1S/C21H31N3OS/c1-14-7-5-8-15(11-14)23-20(26)24-17-9-6-10-18(24)13-16(12-17)22-19(25)21(2,3)4/h5,7-8,11,16-18H,6,9-10,12-13H2,1-4H3,(H,22,25)(H,23,26)/t17-,18-/m1/s1. The Morgan fingerprint density at radius 1 is 1.19 bits per heavy atom. The molecule has 2 bridgehead atoms. The van der Waals surface area contributed by atoms with Crippen molar-refractivity contribution in [3.05, 3.63) is 29.8 Å². The number of carbonyl (C=O) groups is 1. The number of aryl methyl sites for hydroxylation is 1. The molecule has 0 aromatic heterocycles. The van der Waals surface area contributed by atoms with Crippen LogP contribution >= 0.6 is 12.2 Å². The van der Waals surface area contributed by atoms with Gasteiger partial charge in [-0.1, -0.05) is 32.9 Å². The summed E-state index contributed by atoms with van der Waals surface area (Å²) in [7, 11) is 0. The minimum atomic E-state index is -0.339. The van der Waals surface area contributed by atoms with Crippen molar-refractivity contribution < 1.29 is 4.79 Å². The van der Waals surface area contributed by atoms with Gasteiger partial charge in [0.25, 0.3) is 0 Å². The van der Waals surface area contributed by atoms with Crippen molar-refractivity contribution in [2.45, 2.75) is 77.9 Å². The summed E-state index contributed by atoms with van der Waals surface area (Å²) in [6, 6.07) is 9.41. The van der Waals surface area contributed by atoms with Gasteiger partial charge in [0.05, 0.1) is 0 Å². The SMILES string of the molecule is Cc1cccc(NC(=S)N2[C@@H]3CCC[C@@H]2CC(NC(=O)C(C)(C)C)C3)c1. The van der Waals surface area contributed by atoms with E-state index in [1.807, 2.05) is 20.8 Å². The second-order valence-corrected chi connectivity index (χ2v) is 9.22. The second-order valence-electron chi connectivity index (χ2n) is 8.84. The van der Waals surface area contributed by atoms with Crippen LogP contribution in [0.1, 0.15) is 58.4 Å². The highest BCUT2D eigenvalue weighted by Crippen LogP contribution is 2.35. The number of nitrogens with one attached hydrogen (secondary N) is 2. The first-order valence-corrected chi connectivity index (χ1v) is 10.1. The van der Waals surface area contributed by atoms with Crippen molar-refractivity contribution in [1.82, 2.24) is 10.2 Å². The van der Waals surface area contributed by atoms with Crippen molar-refractivity contribution in [3.8, 4) is 0 Å². The molecule has 2 aliphatic rings. The maximum atomic E-state index is 12.4. The molecule has 0 aliphatic carbocycles. The molecule has 2 N–H and O–H groups in total. The number of amides is 1. The molecule has 4 nitrogen and oxygen atoms in total. The lowest BCUT2D eigenvalue weighted by atomic mass is 9.81. The molecule has 0 radical (unpaired) electrons. The van der Waals surface area contributed by atoms with Crippen LogP contribution in [-0.4, -0.2) is 34.0 Å². The summed E-state index contributed by atoms with van der Waals surface area (Å²) in [5.74, 6) is 0.148. The molecule has 26 heavy (non-hydrogen) atoms. The average Bonchev–Trinajstić information content (AvgIpc) is 2.53. The predicted octanol–water partition coefficient (Wildman–Crippen LogP) is 4.24. The van der Waals surface area contributed by atoms with Crippen LogP contribution in [0.2, 0.25) is 0 Å². The third kappa shape index (κ3) is 4.37. The van der Waals surface area contributed by atoms with Crippen molar-refractivity contribution in [1.29, 1.82) is 0 Å². The number of piperidine rings is 2. The van der Waals surface area contributed by atoms with Crippen LogP contribution in [-0.2, 0) is 4.79 Å². The number of rotatable bonds is 2. The fourth-order valence-corrected chi connectivity index (χ4v) is 4.56. The van der Waals surface area contributed by atoms with E-state index in [9.17, 15) is 4.79 Å². The van der Waals surface area contributed by atoms with Gasteiger partial charge < -0.3 is 15.5 Å². The van der Waals surface area contributed by atoms with E-state index in [2.05, 4.69) is 46.7 Å². The van der Waals surface area contributed by atoms with Gasteiger partial charge in [0.1, 0.15) is 0 Å². The first kappa shape index (κ1) is 19.2. The van der Waals surface area contributed by atoms with Crippen LogP contribution in [0.15, 0.2) is 24.3 Å². The third-order valence-electron chi connectivity index (χ3n) is 5.49. The maximum absolute atomic E-state index is 12.4. The number of hydrogen-bond donors (Lipinski definition) is 2. The molecule has 1 aromatic rings. The highest BCUT2D eigenvalue weighted by Gasteiger charge is 2.40. The number of benzene rings is 1. The summed E-state index contributed by atoms with van der Waals surface area (Å²) in [6.45, 7) is 8.00. The Morgan fingerprint density at radius 2 is 1.85 bits per heavy atom. The zero-order chi connectivity index (χ0) is 18.9. The zero-order valence-electron chi connectivity index (χ0n) is 16.3. The smallest absolute Gasteiger partial charge is 0.225 e. The lowest BCUT2D eigenvalue weighted by Gasteiger charge is -2.50. The van der Waals surface area contributed by atoms with Crippen molar-refractivity contribution >= 4 is 28.9 Å². The summed E-state index contributed by atoms with van der Waals surface area (Å²) in [4.78, 5) is 14.8. The van der Waals surface area contributed by atoms with E-state index in [0.717, 1.165) is 36.5 Å². The number of anilines is 1. The topological polar surface area (TPSA) is 44.4 Å². The van der Waals surface area contributed by atoms with Gasteiger partial charge in [-0.05, 0) is 68.9 Å². The molecule has 142 valence electrons. The summed E-state index contributed by atoms with van der Waals surface area (Å²) in [5, 5.41) is 7.53. The van der Waals surface area contributed by atoms with E-state index >= 15 is 0 Å². The predicted molar refractivity (Wildman–Crippen MR) is 111 cm³/mol. The minimum absolute atomic E-state index is 0.148. The molecule has 1 aromatic carbocycles. The normalized spacial score (nSPS) is 25.5. The largest absolute Gasteiger partial charge is 0.353 e. The monoisotopic (exact) mass is 373 g/mol. The number of thiocarbonyl (C=S) groups is 1. The highest BCUT2D eigenvalue weighted by atomic mass is 32.1. The summed E-state index contributed by atoms with van der Waals surface area (Å²) >= 11 is 5.77. The Hall–Kier alpha value is -1.62. The first-order valence-electron chi connectivity index (χ1n) is 9.71. The van der Waals surface area contributed by atoms with Gasteiger partial charge in [-0.2, -0.15) is 0 Å². The average molecular weight is 374 g/mol. The van der Waals surface area contributed by atoms with Gasteiger partial charge in [-0.25, -0.2) is 0 Å². The van der Waals surface area contributed by atoms with Crippen LogP contribution in [0.3, 0.4) is 0 Å². The lowest BCUT2D eigenvalue weighted by Crippen LogP contribution is -2.60. The molecule has 2 fully saturated rings. The molecule has 3 rings (SSSR count). The van der Waals surface area contributed by atoms with Gasteiger partial charge in [0.15, 0.2) is 5.11 Å². The quantitative estimate of drug-likeness (QED) is 0.761. The maximum Gasteiger partial charge on any atom is 0.225 e. The third-order valence-corrected chi connectivity index (χ3v) is 5.81. The van der Waals surface area contributed by atoms with Gasteiger partial charge >= 0.3 is 0 Å². The Balaban J connectivity index is 1.67. The Bertz CT molecular complexity index is 668. The van der Waals surface area contributed by atoms with E-state index in [4.69, 9.17) is 12.2 Å². The molecular formula is C21H31N3OS. The molecule has 1 amide bonds. The van der Waals surface area contributed by atoms with E-state index in [1.54, 1.807) is 0 Å². The Labute approximate surface area is 162 Å². The number of hydrogen-bond acceptors (Lipinski definition) is 2. The van der Waals surface area contributed by atoms with Gasteiger partial charge in [-0.15, -0.1) is 0 Å². The summed E-state index contributed by atoms with van der Waals surface area (Å²) in [5.41, 5.74) is 1.94. The molecule has 2 saturated heterocycles. The van der Waals surface area contributed by atoms with Crippen molar-refractivity contribution in [3.63, 3.8) is 0 Å². The Morgan fingerprint density at radius 3 is 2.42 bits per heavy atom. The van der Waals surface area contributed by atoms with E-state index < -0.39 is 0 Å². The fraction of sp³-hybridized carbons (Fsp3) is 0.619. The molecule has 0 saturated carbocycles. The first-order chi connectivity index (χ1) is 12.2. The number of carbonyl (C=O) groups excluding carboxylic acids is 1. The molecule has 2 atom stereocenters.